The molecular formula is C19H22ClN. The summed E-state index contributed by atoms with van der Waals surface area (Å²) in [4.78, 5) is 0. The second-order valence-electron chi connectivity index (χ2n) is 5.89. The Bertz CT molecular complexity index is 608. The van der Waals surface area contributed by atoms with Crippen LogP contribution in [0.2, 0.25) is 5.02 Å². The summed E-state index contributed by atoms with van der Waals surface area (Å²) in [6.07, 6.45) is 3.42. The minimum Gasteiger partial charge on any atom is -0.314 e. The van der Waals surface area contributed by atoms with E-state index in [2.05, 4.69) is 48.6 Å². The molecule has 0 saturated carbocycles. The molecule has 0 amide bonds. The Morgan fingerprint density at radius 1 is 1.14 bits per heavy atom. The molecule has 0 heterocycles. The lowest BCUT2D eigenvalue weighted by Gasteiger charge is -2.33. The molecule has 2 aromatic carbocycles. The molecule has 0 bridgehead atoms. The molecule has 21 heavy (non-hydrogen) atoms. The number of fused-ring (bicyclic) bond motifs is 1. The molecule has 0 aliphatic heterocycles. The van der Waals surface area contributed by atoms with Gasteiger partial charge in [0.2, 0.25) is 0 Å². The molecule has 0 radical (unpaired) electrons. The molecule has 1 nitrogen and oxygen atoms in total. The monoisotopic (exact) mass is 299 g/mol. The van der Waals surface area contributed by atoms with Crippen molar-refractivity contribution < 1.29 is 0 Å². The van der Waals surface area contributed by atoms with Gasteiger partial charge in [-0.15, -0.1) is 0 Å². The molecular weight excluding hydrogens is 278 g/mol. The van der Waals surface area contributed by atoms with Crippen LogP contribution in [-0.4, -0.2) is 12.6 Å². The second kappa shape index (κ2) is 6.64. The molecule has 2 unspecified atom stereocenters. The van der Waals surface area contributed by atoms with Gasteiger partial charge in [-0.1, -0.05) is 61.0 Å². The van der Waals surface area contributed by atoms with Crippen molar-refractivity contribution >= 4 is 11.6 Å². The molecule has 0 saturated heterocycles. The highest BCUT2D eigenvalue weighted by molar-refractivity contribution is 6.31. The normalized spacial score (nSPS) is 17.9. The van der Waals surface area contributed by atoms with Gasteiger partial charge in [0, 0.05) is 11.1 Å². The van der Waals surface area contributed by atoms with E-state index in [4.69, 9.17) is 11.6 Å². The Morgan fingerprint density at radius 3 is 2.67 bits per heavy atom. The third-order valence-electron chi connectivity index (χ3n) is 4.45. The van der Waals surface area contributed by atoms with E-state index in [1.165, 1.54) is 24.0 Å². The molecule has 0 fully saturated rings. The van der Waals surface area contributed by atoms with Crippen LogP contribution in [-0.2, 0) is 12.8 Å². The molecule has 1 aliphatic rings. The van der Waals surface area contributed by atoms with Crippen molar-refractivity contribution in [3.63, 3.8) is 0 Å². The molecule has 1 aliphatic carbocycles. The van der Waals surface area contributed by atoms with Crippen LogP contribution in [0.4, 0.5) is 0 Å². The number of likely N-dealkylation sites (N-methyl/N-ethyl adjacent to an activating group) is 1. The zero-order valence-corrected chi connectivity index (χ0v) is 13.2. The van der Waals surface area contributed by atoms with Gasteiger partial charge in [0.1, 0.15) is 0 Å². The van der Waals surface area contributed by atoms with E-state index in [0.29, 0.717) is 12.0 Å². The van der Waals surface area contributed by atoms with E-state index in [9.17, 15) is 0 Å². The van der Waals surface area contributed by atoms with E-state index in [-0.39, 0.29) is 0 Å². The lowest BCUT2D eigenvalue weighted by Crippen LogP contribution is -2.35. The average Bonchev–Trinajstić information content (AvgIpc) is 2.47. The van der Waals surface area contributed by atoms with E-state index in [1.807, 2.05) is 12.1 Å². The number of hydrogen-bond donors (Lipinski definition) is 1. The topological polar surface area (TPSA) is 12.0 Å². The van der Waals surface area contributed by atoms with Gasteiger partial charge in [-0.05, 0) is 54.5 Å². The summed E-state index contributed by atoms with van der Waals surface area (Å²) in [5.41, 5.74) is 4.31. The summed E-state index contributed by atoms with van der Waals surface area (Å²) in [6, 6.07) is 17.5. The summed E-state index contributed by atoms with van der Waals surface area (Å²) in [5, 5.41) is 4.51. The Morgan fingerprint density at radius 2 is 1.90 bits per heavy atom. The van der Waals surface area contributed by atoms with Crippen LogP contribution in [0.3, 0.4) is 0 Å². The van der Waals surface area contributed by atoms with Crippen LogP contribution in [0.25, 0.3) is 0 Å². The minimum absolute atomic E-state index is 0.494. The molecule has 110 valence electrons. The van der Waals surface area contributed by atoms with Crippen molar-refractivity contribution in [1.29, 1.82) is 0 Å². The zero-order chi connectivity index (χ0) is 14.7. The molecule has 0 aromatic heterocycles. The van der Waals surface area contributed by atoms with Crippen molar-refractivity contribution in [3.05, 3.63) is 70.2 Å². The number of hydrogen-bond acceptors (Lipinski definition) is 1. The summed E-state index contributed by atoms with van der Waals surface area (Å²) in [5.74, 6) is 0.702. The maximum Gasteiger partial charge on any atom is 0.0438 e. The predicted octanol–water partition coefficient (Wildman–Crippen LogP) is 4.59. The third-order valence-corrected chi connectivity index (χ3v) is 4.82. The van der Waals surface area contributed by atoms with E-state index >= 15 is 0 Å². The highest BCUT2D eigenvalue weighted by Gasteiger charge is 2.28. The Hall–Kier alpha value is -1.31. The first-order chi connectivity index (χ1) is 10.3. The maximum atomic E-state index is 6.31. The van der Waals surface area contributed by atoms with Crippen molar-refractivity contribution in [3.8, 4) is 0 Å². The summed E-state index contributed by atoms with van der Waals surface area (Å²) >= 11 is 6.31. The van der Waals surface area contributed by atoms with Crippen LogP contribution in [0.1, 0.15) is 36.0 Å². The van der Waals surface area contributed by atoms with E-state index in [0.717, 1.165) is 18.0 Å². The lowest BCUT2D eigenvalue weighted by atomic mass is 9.74. The van der Waals surface area contributed by atoms with Crippen LogP contribution in [0.15, 0.2) is 48.5 Å². The number of rotatable bonds is 6. The van der Waals surface area contributed by atoms with Gasteiger partial charge in [0.05, 0.1) is 0 Å². The smallest absolute Gasteiger partial charge is 0.0438 e. The lowest BCUT2D eigenvalue weighted by molar-refractivity contribution is 0.422. The highest BCUT2D eigenvalue weighted by atomic mass is 35.5. The Kier molecular flexibility index (Phi) is 4.62. The van der Waals surface area contributed by atoms with Gasteiger partial charge in [-0.2, -0.15) is 0 Å². The maximum absolute atomic E-state index is 6.31. The fourth-order valence-corrected chi connectivity index (χ4v) is 3.59. The molecule has 2 heteroatoms. The zero-order valence-electron chi connectivity index (χ0n) is 12.5. The first-order valence-corrected chi connectivity index (χ1v) is 8.20. The Labute approximate surface area is 132 Å². The minimum atomic E-state index is 0.494. The van der Waals surface area contributed by atoms with Gasteiger partial charge in [-0.25, -0.2) is 0 Å². The van der Waals surface area contributed by atoms with Gasteiger partial charge >= 0.3 is 0 Å². The van der Waals surface area contributed by atoms with Crippen LogP contribution < -0.4 is 5.32 Å². The van der Waals surface area contributed by atoms with Crippen LogP contribution >= 0.6 is 11.6 Å². The van der Waals surface area contributed by atoms with Crippen molar-refractivity contribution in [2.24, 2.45) is 0 Å². The molecule has 1 N–H and O–H groups in total. The Balaban J connectivity index is 1.67. The first-order valence-electron chi connectivity index (χ1n) is 7.82. The first kappa shape index (κ1) is 14.6. The molecule has 3 rings (SSSR count). The van der Waals surface area contributed by atoms with E-state index in [1.54, 1.807) is 5.56 Å². The van der Waals surface area contributed by atoms with Gasteiger partial charge in [-0.3, -0.25) is 0 Å². The largest absolute Gasteiger partial charge is 0.314 e. The summed E-state index contributed by atoms with van der Waals surface area (Å²) < 4.78 is 0. The molecule has 2 atom stereocenters. The van der Waals surface area contributed by atoms with Gasteiger partial charge < -0.3 is 5.32 Å². The fourth-order valence-electron chi connectivity index (χ4n) is 3.37. The number of benzene rings is 2. The van der Waals surface area contributed by atoms with Crippen molar-refractivity contribution in [2.45, 2.75) is 38.1 Å². The summed E-state index contributed by atoms with van der Waals surface area (Å²) in [7, 11) is 0. The van der Waals surface area contributed by atoms with Crippen LogP contribution in [0.5, 0.6) is 0 Å². The van der Waals surface area contributed by atoms with Gasteiger partial charge in [0.25, 0.3) is 0 Å². The average molecular weight is 300 g/mol. The quantitative estimate of drug-likeness (QED) is 0.822. The van der Waals surface area contributed by atoms with Gasteiger partial charge in [0.15, 0.2) is 0 Å². The number of halogens is 1. The predicted molar refractivity (Wildman–Crippen MR) is 90.1 cm³/mol. The third kappa shape index (κ3) is 3.30. The molecule has 2 aromatic rings. The van der Waals surface area contributed by atoms with E-state index < -0.39 is 0 Å². The number of nitrogens with one attached hydrogen (secondary N) is 1. The molecule has 0 spiro atoms. The summed E-state index contributed by atoms with van der Waals surface area (Å²) in [6.45, 7) is 3.18. The van der Waals surface area contributed by atoms with Crippen LogP contribution in [0, 0.1) is 0 Å². The van der Waals surface area contributed by atoms with Crippen molar-refractivity contribution in [1.82, 2.24) is 5.32 Å². The second-order valence-corrected chi connectivity index (χ2v) is 6.29. The SMILES string of the molecule is CCNC(Cc1ccccc1Cl)CC1Cc2ccccc21. The fraction of sp³-hybridized carbons (Fsp3) is 0.368. The highest BCUT2D eigenvalue weighted by Crippen LogP contribution is 2.38. The van der Waals surface area contributed by atoms with Crippen molar-refractivity contribution in [2.75, 3.05) is 6.54 Å². The standard InChI is InChI=1S/C19H22ClN/c1-2-21-17(12-15-8-4-6-10-19(15)20)13-16-11-14-7-3-5-9-18(14)16/h3-10,16-17,21H,2,11-13H2,1H3.